The molecule has 1 fully saturated rings. The molecular weight excluding hydrogens is 445 g/mol. The summed E-state index contributed by atoms with van der Waals surface area (Å²) in [4.78, 5) is 22.7. The summed E-state index contributed by atoms with van der Waals surface area (Å²) >= 11 is 8.97. The van der Waals surface area contributed by atoms with E-state index in [1.165, 1.54) is 35.2 Å². The molecule has 1 aromatic heterocycles. The van der Waals surface area contributed by atoms with Gasteiger partial charge in [-0.05, 0) is 42.5 Å². The number of hydrogen-bond donors (Lipinski definition) is 0. The first-order valence-corrected chi connectivity index (χ1v) is 11.8. The van der Waals surface area contributed by atoms with E-state index in [-0.39, 0.29) is 17.5 Å². The first-order valence-electron chi connectivity index (χ1n) is 9.63. The number of carbonyl (C=O) groups is 1. The van der Waals surface area contributed by atoms with Crippen molar-refractivity contribution in [3.8, 4) is 0 Å². The Balaban J connectivity index is 1.50. The predicted molar refractivity (Wildman–Crippen MR) is 121 cm³/mol. The van der Waals surface area contributed by atoms with E-state index in [0.717, 1.165) is 34.7 Å². The van der Waals surface area contributed by atoms with Crippen molar-refractivity contribution in [3.63, 3.8) is 0 Å². The molecule has 0 aliphatic carbocycles. The minimum absolute atomic E-state index is 0.0252. The molecule has 158 valence electrons. The smallest absolute Gasteiger partial charge is 0.239 e. The Morgan fingerprint density at radius 3 is 2.77 bits per heavy atom. The van der Waals surface area contributed by atoms with E-state index in [4.69, 9.17) is 16.3 Å². The highest BCUT2D eigenvalue weighted by Crippen LogP contribution is 2.31. The monoisotopic (exact) mass is 465 g/mol. The Morgan fingerprint density at radius 1 is 1.23 bits per heavy atom. The third kappa shape index (κ3) is 5.50. The molecule has 0 radical (unpaired) electrons. The summed E-state index contributed by atoms with van der Waals surface area (Å²) in [6.45, 7) is 4.47. The lowest BCUT2D eigenvalue weighted by Gasteiger charge is -2.29. The van der Waals surface area contributed by atoms with Crippen LogP contribution in [-0.4, -0.2) is 60.9 Å². The lowest BCUT2D eigenvalue weighted by atomic mass is 10.3. The number of carbonyl (C=O) groups excluding carboxylic acids is 1. The lowest BCUT2D eigenvalue weighted by molar-refractivity contribution is -0.116. The topological polar surface area (TPSA) is 45.7 Å². The van der Waals surface area contributed by atoms with Crippen molar-refractivity contribution in [1.82, 2.24) is 9.88 Å². The standard InChI is InChI=1S/C21H21ClFN3O2S2/c22-15-1-6-18-19(13-15)30-21(24-18)26(8-7-25-9-11-28-12-10-25)20(27)14-29-17-4-2-16(23)3-5-17/h1-6,13H,7-12,14H2. The second kappa shape index (κ2) is 10.1. The summed E-state index contributed by atoms with van der Waals surface area (Å²) in [5.41, 5.74) is 0.828. The van der Waals surface area contributed by atoms with Gasteiger partial charge in [-0.2, -0.15) is 0 Å². The fourth-order valence-electron chi connectivity index (χ4n) is 3.15. The quantitative estimate of drug-likeness (QED) is 0.479. The summed E-state index contributed by atoms with van der Waals surface area (Å²) in [6.07, 6.45) is 0. The van der Waals surface area contributed by atoms with Crippen LogP contribution in [0.5, 0.6) is 0 Å². The van der Waals surface area contributed by atoms with Crippen molar-refractivity contribution >= 4 is 56.0 Å². The maximum Gasteiger partial charge on any atom is 0.239 e. The van der Waals surface area contributed by atoms with Gasteiger partial charge < -0.3 is 4.74 Å². The Morgan fingerprint density at radius 2 is 2.00 bits per heavy atom. The van der Waals surface area contributed by atoms with Gasteiger partial charge >= 0.3 is 0 Å². The number of fused-ring (bicyclic) bond motifs is 1. The van der Waals surface area contributed by atoms with Gasteiger partial charge in [0.05, 0.1) is 29.2 Å². The Bertz CT molecular complexity index is 1010. The van der Waals surface area contributed by atoms with Crippen LogP contribution in [0.4, 0.5) is 9.52 Å². The average Bonchev–Trinajstić information content (AvgIpc) is 3.17. The highest BCUT2D eigenvalue weighted by atomic mass is 35.5. The van der Waals surface area contributed by atoms with Crippen LogP contribution in [0.3, 0.4) is 0 Å². The number of halogens is 2. The molecule has 1 aliphatic rings. The van der Waals surface area contributed by atoms with E-state index >= 15 is 0 Å². The van der Waals surface area contributed by atoms with Crippen molar-refractivity contribution in [2.24, 2.45) is 0 Å². The van der Waals surface area contributed by atoms with Crippen LogP contribution >= 0.6 is 34.7 Å². The third-order valence-corrected chi connectivity index (χ3v) is 7.06. The summed E-state index contributed by atoms with van der Waals surface area (Å²) in [5, 5.41) is 1.32. The SMILES string of the molecule is O=C(CSc1ccc(F)cc1)N(CCN1CCOCC1)c1nc2ccc(Cl)cc2s1. The minimum Gasteiger partial charge on any atom is -0.379 e. The molecular formula is C21H21ClFN3O2S2. The van der Waals surface area contributed by atoms with E-state index in [1.807, 2.05) is 12.1 Å². The van der Waals surface area contributed by atoms with E-state index < -0.39 is 0 Å². The van der Waals surface area contributed by atoms with Crippen LogP contribution in [0.1, 0.15) is 0 Å². The number of amides is 1. The zero-order valence-electron chi connectivity index (χ0n) is 16.2. The summed E-state index contributed by atoms with van der Waals surface area (Å²) in [6, 6.07) is 11.7. The van der Waals surface area contributed by atoms with E-state index in [1.54, 1.807) is 23.1 Å². The molecule has 1 amide bonds. The van der Waals surface area contributed by atoms with Crippen LogP contribution in [-0.2, 0) is 9.53 Å². The van der Waals surface area contributed by atoms with E-state index in [0.29, 0.717) is 29.9 Å². The summed E-state index contributed by atoms with van der Waals surface area (Å²) in [5.74, 6) is -0.0560. The van der Waals surface area contributed by atoms with Gasteiger partial charge in [0.1, 0.15) is 5.82 Å². The van der Waals surface area contributed by atoms with Crippen LogP contribution < -0.4 is 4.90 Å². The van der Waals surface area contributed by atoms with E-state index in [2.05, 4.69) is 9.88 Å². The second-order valence-electron chi connectivity index (χ2n) is 6.85. The molecule has 4 rings (SSSR count). The Hall–Kier alpha value is -1.71. The Labute approximate surface area is 187 Å². The van der Waals surface area contributed by atoms with Crippen LogP contribution in [0.2, 0.25) is 5.02 Å². The van der Waals surface area contributed by atoms with Gasteiger partial charge in [0, 0.05) is 36.1 Å². The summed E-state index contributed by atoms with van der Waals surface area (Å²) < 4.78 is 19.5. The molecule has 0 spiro atoms. The van der Waals surface area contributed by atoms with Crippen molar-refractivity contribution in [2.45, 2.75) is 4.90 Å². The first kappa shape index (κ1) is 21.5. The number of ether oxygens (including phenoxy) is 1. The maximum absolute atomic E-state index is 13.1. The zero-order chi connectivity index (χ0) is 20.9. The normalized spacial score (nSPS) is 14.9. The molecule has 1 aliphatic heterocycles. The number of rotatable bonds is 7. The van der Waals surface area contributed by atoms with Crippen molar-refractivity contribution in [2.75, 3.05) is 50.0 Å². The fourth-order valence-corrected chi connectivity index (χ4v) is 5.21. The number of nitrogens with zero attached hydrogens (tertiary/aromatic N) is 3. The highest BCUT2D eigenvalue weighted by Gasteiger charge is 2.22. The van der Waals surface area contributed by atoms with Gasteiger partial charge in [0.25, 0.3) is 0 Å². The average molecular weight is 466 g/mol. The first-order chi connectivity index (χ1) is 14.6. The number of hydrogen-bond acceptors (Lipinski definition) is 6. The van der Waals surface area contributed by atoms with Gasteiger partial charge in [-0.15, -0.1) is 11.8 Å². The van der Waals surface area contributed by atoms with Gasteiger partial charge in [0.15, 0.2) is 5.13 Å². The van der Waals surface area contributed by atoms with Crippen molar-refractivity contribution < 1.29 is 13.9 Å². The molecule has 3 aromatic rings. The van der Waals surface area contributed by atoms with Gasteiger partial charge in [-0.25, -0.2) is 9.37 Å². The highest BCUT2D eigenvalue weighted by molar-refractivity contribution is 8.00. The molecule has 0 atom stereocenters. The molecule has 0 unspecified atom stereocenters. The van der Waals surface area contributed by atoms with Crippen LogP contribution in [0.25, 0.3) is 10.2 Å². The third-order valence-electron chi connectivity index (χ3n) is 4.79. The number of anilines is 1. The number of thiazole rings is 1. The van der Waals surface area contributed by atoms with Crippen LogP contribution in [0.15, 0.2) is 47.4 Å². The van der Waals surface area contributed by atoms with Crippen molar-refractivity contribution in [1.29, 1.82) is 0 Å². The molecule has 2 aromatic carbocycles. The van der Waals surface area contributed by atoms with Gasteiger partial charge in [0.2, 0.25) is 5.91 Å². The molecule has 9 heteroatoms. The molecule has 2 heterocycles. The van der Waals surface area contributed by atoms with E-state index in [9.17, 15) is 9.18 Å². The summed E-state index contributed by atoms with van der Waals surface area (Å²) in [7, 11) is 0. The van der Waals surface area contributed by atoms with Crippen LogP contribution in [0, 0.1) is 5.82 Å². The van der Waals surface area contributed by atoms with Gasteiger partial charge in [-0.1, -0.05) is 22.9 Å². The molecule has 5 nitrogen and oxygen atoms in total. The largest absolute Gasteiger partial charge is 0.379 e. The molecule has 0 bridgehead atoms. The molecule has 1 saturated heterocycles. The number of thioether (sulfide) groups is 1. The predicted octanol–water partition coefficient (Wildman–Crippen LogP) is 4.55. The lowest BCUT2D eigenvalue weighted by Crippen LogP contribution is -2.43. The second-order valence-corrected chi connectivity index (χ2v) is 9.34. The fraction of sp³-hybridized carbons (Fsp3) is 0.333. The molecule has 0 saturated carbocycles. The number of benzene rings is 2. The number of morpholine rings is 1. The maximum atomic E-state index is 13.1. The van der Waals surface area contributed by atoms with Gasteiger partial charge in [-0.3, -0.25) is 14.6 Å². The Kier molecular flexibility index (Phi) is 7.22. The number of aromatic nitrogens is 1. The zero-order valence-corrected chi connectivity index (χ0v) is 18.6. The molecule has 30 heavy (non-hydrogen) atoms. The molecule has 0 N–H and O–H groups in total. The van der Waals surface area contributed by atoms with Crippen molar-refractivity contribution in [3.05, 3.63) is 53.3 Å². The minimum atomic E-state index is -0.286.